The molecule has 0 radical (unpaired) electrons. The summed E-state index contributed by atoms with van der Waals surface area (Å²) in [6, 6.07) is 0.458. The normalized spacial score (nSPS) is 15.0. The second-order valence-electron chi connectivity index (χ2n) is 3.58. The zero-order valence-corrected chi connectivity index (χ0v) is 8.33. The van der Waals surface area contributed by atoms with E-state index >= 15 is 0 Å². The molecule has 1 aromatic rings. The van der Waals surface area contributed by atoms with Crippen LogP contribution in [0.5, 0.6) is 0 Å². The third kappa shape index (κ3) is 2.30. The van der Waals surface area contributed by atoms with E-state index < -0.39 is 0 Å². The number of aliphatic hydroxyl groups excluding tert-OH is 1. The Morgan fingerprint density at radius 1 is 1.47 bits per heavy atom. The maximum atomic E-state index is 10.4. The van der Waals surface area contributed by atoms with Gasteiger partial charge < -0.3 is 10.0 Å². The molecule has 0 bridgehead atoms. The van der Waals surface area contributed by atoms with Crippen molar-refractivity contribution in [3.8, 4) is 0 Å². The van der Waals surface area contributed by atoms with Crippen LogP contribution in [0.15, 0.2) is 12.4 Å². The van der Waals surface area contributed by atoms with E-state index in [2.05, 4.69) is 9.97 Å². The molecule has 1 heterocycles. The van der Waals surface area contributed by atoms with Crippen molar-refractivity contribution in [1.82, 2.24) is 9.97 Å². The standard InChI is InChI=1S/C10H13N3O2/c14-4-3-13(9-1-2-9)10-11-5-8(7-15)6-12-10/h5-7,9,14H,1-4H2. The fourth-order valence-corrected chi connectivity index (χ4v) is 1.48. The molecule has 15 heavy (non-hydrogen) atoms. The summed E-state index contributed by atoms with van der Waals surface area (Å²) >= 11 is 0. The Kier molecular flexibility index (Phi) is 2.91. The molecule has 0 saturated heterocycles. The minimum Gasteiger partial charge on any atom is -0.395 e. The number of hydrogen-bond donors (Lipinski definition) is 1. The van der Waals surface area contributed by atoms with Gasteiger partial charge in [0.15, 0.2) is 6.29 Å². The lowest BCUT2D eigenvalue weighted by Gasteiger charge is -2.20. The molecule has 5 heteroatoms. The van der Waals surface area contributed by atoms with E-state index in [1.54, 1.807) is 0 Å². The Labute approximate surface area is 87.8 Å². The number of carbonyl (C=O) groups is 1. The summed E-state index contributed by atoms with van der Waals surface area (Å²) in [5, 5.41) is 8.92. The molecule has 2 rings (SSSR count). The summed E-state index contributed by atoms with van der Waals surface area (Å²) in [6.07, 6.45) is 5.97. The molecule has 1 aliphatic rings. The monoisotopic (exact) mass is 207 g/mol. The van der Waals surface area contributed by atoms with Gasteiger partial charge in [-0.2, -0.15) is 0 Å². The van der Waals surface area contributed by atoms with Crippen LogP contribution in [-0.2, 0) is 0 Å². The molecule has 1 fully saturated rings. The zero-order chi connectivity index (χ0) is 10.7. The van der Waals surface area contributed by atoms with Crippen molar-refractivity contribution in [1.29, 1.82) is 0 Å². The van der Waals surface area contributed by atoms with Crippen LogP contribution in [0.1, 0.15) is 23.2 Å². The summed E-state index contributed by atoms with van der Waals surface area (Å²) < 4.78 is 0. The van der Waals surface area contributed by atoms with Gasteiger partial charge in [0.25, 0.3) is 0 Å². The molecule has 1 aromatic heterocycles. The number of aliphatic hydroxyl groups is 1. The third-order valence-corrected chi connectivity index (χ3v) is 2.38. The van der Waals surface area contributed by atoms with E-state index in [9.17, 15) is 4.79 Å². The maximum absolute atomic E-state index is 10.4. The van der Waals surface area contributed by atoms with E-state index in [1.807, 2.05) is 4.90 Å². The van der Waals surface area contributed by atoms with Crippen LogP contribution >= 0.6 is 0 Å². The van der Waals surface area contributed by atoms with E-state index in [0.29, 0.717) is 24.1 Å². The summed E-state index contributed by atoms with van der Waals surface area (Å²) in [5.74, 6) is 0.595. The Balaban J connectivity index is 2.14. The zero-order valence-electron chi connectivity index (χ0n) is 8.33. The number of carbonyl (C=O) groups excluding carboxylic acids is 1. The maximum Gasteiger partial charge on any atom is 0.225 e. The van der Waals surface area contributed by atoms with Crippen molar-refractivity contribution < 1.29 is 9.90 Å². The van der Waals surface area contributed by atoms with Gasteiger partial charge in [0, 0.05) is 25.0 Å². The molecule has 1 aliphatic carbocycles. The van der Waals surface area contributed by atoms with Gasteiger partial charge >= 0.3 is 0 Å². The van der Waals surface area contributed by atoms with E-state index in [4.69, 9.17) is 5.11 Å². The highest BCUT2D eigenvalue weighted by molar-refractivity contribution is 5.73. The summed E-state index contributed by atoms with van der Waals surface area (Å²) in [7, 11) is 0. The van der Waals surface area contributed by atoms with Crippen molar-refractivity contribution in [3.05, 3.63) is 18.0 Å². The Morgan fingerprint density at radius 3 is 2.60 bits per heavy atom. The molecule has 80 valence electrons. The molecule has 0 aromatic carbocycles. The van der Waals surface area contributed by atoms with Gasteiger partial charge in [-0.3, -0.25) is 4.79 Å². The first-order chi connectivity index (χ1) is 7.35. The van der Waals surface area contributed by atoms with Crippen molar-refractivity contribution in [2.24, 2.45) is 0 Å². The highest BCUT2D eigenvalue weighted by Crippen LogP contribution is 2.28. The molecule has 0 atom stereocenters. The van der Waals surface area contributed by atoms with Gasteiger partial charge in [-0.1, -0.05) is 0 Å². The van der Waals surface area contributed by atoms with Crippen molar-refractivity contribution in [2.45, 2.75) is 18.9 Å². The van der Waals surface area contributed by atoms with Gasteiger partial charge in [-0.15, -0.1) is 0 Å². The topological polar surface area (TPSA) is 66.3 Å². The molecule has 0 spiro atoms. The van der Waals surface area contributed by atoms with Crippen LogP contribution in [0.2, 0.25) is 0 Å². The minimum atomic E-state index is 0.0926. The first-order valence-electron chi connectivity index (χ1n) is 5.00. The fourth-order valence-electron chi connectivity index (χ4n) is 1.48. The van der Waals surface area contributed by atoms with Gasteiger partial charge in [0.05, 0.1) is 12.2 Å². The predicted molar refractivity (Wildman–Crippen MR) is 54.9 cm³/mol. The summed E-state index contributed by atoms with van der Waals surface area (Å²) in [4.78, 5) is 20.6. The number of rotatable bonds is 5. The fraction of sp³-hybridized carbons (Fsp3) is 0.500. The molecular weight excluding hydrogens is 194 g/mol. The molecule has 0 amide bonds. The van der Waals surface area contributed by atoms with Crippen LogP contribution in [0, 0.1) is 0 Å². The SMILES string of the molecule is O=Cc1cnc(N(CCO)C2CC2)nc1. The Hall–Kier alpha value is -1.49. The first kappa shape index (κ1) is 10.0. The minimum absolute atomic E-state index is 0.0926. The van der Waals surface area contributed by atoms with Gasteiger partial charge in [-0.25, -0.2) is 9.97 Å². The predicted octanol–water partition coefficient (Wildman–Crippen LogP) is 0.250. The molecular formula is C10H13N3O2. The molecule has 0 unspecified atom stereocenters. The van der Waals surface area contributed by atoms with Crippen molar-refractivity contribution >= 4 is 12.2 Å². The second kappa shape index (κ2) is 4.35. The molecule has 0 aliphatic heterocycles. The van der Waals surface area contributed by atoms with Crippen molar-refractivity contribution in [3.63, 3.8) is 0 Å². The van der Waals surface area contributed by atoms with E-state index in [-0.39, 0.29) is 6.61 Å². The van der Waals surface area contributed by atoms with Crippen molar-refractivity contribution in [2.75, 3.05) is 18.1 Å². The van der Waals surface area contributed by atoms with E-state index in [1.165, 1.54) is 12.4 Å². The molecule has 1 N–H and O–H groups in total. The smallest absolute Gasteiger partial charge is 0.225 e. The van der Waals surface area contributed by atoms with Crippen LogP contribution in [0.25, 0.3) is 0 Å². The number of nitrogens with zero attached hydrogens (tertiary/aromatic N) is 3. The summed E-state index contributed by atoms with van der Waals surface area (Å²) in [6.45, 7) is 0.639. The van der Waals surface area contributed by atoms with E-state index in [0.717, 1.165) is 19.1 Å². The van der Waals surface area contributed by atoms with Gasteiger partial charge in [0.2, 0.25) is 5.95 Å². The van der Waals surface area contributed by atoms with Gasteiger partial charge in [-0.05, 0) is 12.8 Å². The average Bonchev–Trinajstić information content (AvgIpc) is 3.10. The van der Waals surface area contributed by atoms with Crippen LogP contribution in [0.4, 0.5) is 5.95 Å². The van der Waals surface area contributed by atoms with Crippen LogP contribution < -0.4 is 4.90 Å². The lowest BCUT2D eigenvalue weighted by atomic mass is 10.4. The molecule has 1 saturated carbocycles. The lowest BCUT2D eigenvalue weighted by molar-refractivity contribution is 0.112. The van der Waals surface area contributed by atoms with Gasteiger partial charge in [0.1, 0.15) is 0 Å². The molecule has 5 nitrogen and oxygen atoms in total. The van der Waals surface area contributed by atoms with Crippen LogP contribution in [0.3, 0.4) is 0 Å². The first-order valence-corrected chi connectivity index (χ1v) is 5.00. The number of aldehydes is 1. The lowest BCUT2D eigenvalue weighted by Crippen LogP contribution is -2.30. The number of aromatic nitrogens is 2. The number of hydrogen-bond acceptors (Lipinski definition) is 5. The summed E-state index contributed by atoms with van der Waals surface area (Å²) in [5.41, 5.74) is 0.471. The highest BCUT2D eigenvalue weighted by Gasteiger charge is 2.30. The average molecular weight is 207 g/mol. The third-order valence-electron chi connectivity index (χ3n) is 2.38. The Morgan fingerprint density at radius 2 is 2.13 bits per heavy atom. The second-order valence-corrected chi connectivity index (χ2v) is 3.58. The highest BCUT2D eigenvalue weighted by atomic mass is 16.3. The van der Waals surface area contributed by atoms with Crippen LogP contribution in [-0.4, -0.2) is 40.6 Å². The quantitative estimate of drug-likeness (QED) is 0.701. The number of anilines is 1. The Bertz CT molecular complexity index is 335. The largest absolute Gasteiger partial charge is 0.395 e.